The molecule has 1 N–H and O–H groups in total. The zero-order chi connectivity index (χ0) is 15.2. The summed E-state index contributed by atoms with van der Waals surface area (Å²) in [6.07, 6.45) is 0.948. The molecule has 0 fully saturated rings. The van der Waals surface area contributed by atoms with E-state index in [-0.39, 0.29) is 17.5 Å². The standard InChI is InChI=1S/C16H15ClFNO2/c1-2-11-3-6-13(7-4-11)21-10-16(20)19-15-8-5-12(18)9-14(15)17/h3-9H,2,10H2,1H3,(H,19,20). The number of halogens is 2. The molecule has 21 heavy (non-hydrogen) atoms. The Labute approximate surface area is 127 Å². The number of ether oxygens (including phenoxy) is 1. The Kier molecular flexibility index (Phi) is 5.17. The summed E-state index contributed by atoms with van der Waals surface area (Å²) >= 11 is 5.83. The molecule has 2 aromatic rings. The van der Waals surface area contributed by atoms with E-state index in [2.05, 4.69) is 12.2 Å². The zero-order valence-corrected chi connectivity index (χ0v) is 12.3. The molecule has 0 spiro atoms. The van der Waals surface area contributed by atoms with Crippen LogP contribution in [0.4, 0.5) is 10.1 Å². The monoisotopic (exact) mass is 307 g/mol. The molecule has 0 atom stereocenters. The molecule has 0 aromatic heterocycles. The van der Waals surface area contributed by atoms with E-state index < -0.39 is 5.82 Å². The number of aryl methyl sites for hydroxylation is 1. The second-order valence-corrected chi connectivity index (χ2v) is 4.87. The first-order chi connectivity index (χ1) is 10.1. The topological polar surface area (TPSA) is 38.3 Å². The molecule has 0 saturated carbocycles. The van der Waals surface area contributed by atoms with Gasteiger partial charge < -0.3 is 10.1 Å². The van der Waals surface area contributed by atoms with Gasteiger partial charge in [0.1, 0.15) is 11.6 Å². The van der Waals surface area contributed by atoms with Gasteiger partial charge in [-0.25, -0.2) is 4.39 Å². The fraction of sp³-hybridized carbons (Fsp3) is 0.188. The van der Waals surface area contributed by atoms with Crippen molar-refractivity contribution in [2.75, 3.05) is 11.9 Å². The Morgan fingerprint density at radius 2 is 1.95 bits per heavy atom. The molecule has 2 aromatic carbocycles. The fourth-order valence-corrected chi connectivity index (χ4v) is 1.96. The molecular formula is C16H15ClFNO2. The predicted octanol–water partition coefficient (Wildman–Crippen LogP) is 4.06. The van der Waals surface area contributed by atoms with E-state index in [0.717, 1.165) is 12.5 Å². The van der Waals surface area contributed by atoms with Crippen molar-refractivity contribution in [1.82, 2.24) is 0 Å². The van der Waals surface area contributed by atoms with Gasteiger partial charge in [-0.15, -0.1) is 0 Å². The maximum atomic E-state index is 12.9. The van der Waals surface area contributed by atoms with Gasteiger partial charge in [-0.2, -0.15) is 0 Å². The number of benzene rings is 2. The van der Waals surface area contributed by atoms with Gasteiger partial charge in [-0.05, 0) is 42.3 Å². The van der Waals surface area contributed by atoms with Gasteiger partial charge in [-0.3, -0.25) is 4.79 Å². The van der Waals surface area contributed by atoms with Crippen LogP contribution >= 0.6 is 11.6 Å². The number of hydrogen-bond donors (Lipinski definition) is 1. The fourth-order valence-electron chi connectivity index (χ4n) is 1.75. The molecule has 0 unspecified atom stereocenters. The van der Waals surface area contributed by atoms with Crippen LogP contribution in [-0.4, -0.2) is 12.5 Å². The van der Waals surface area contributed by atoms with Crippen molar-refractivity contribution in [3.63, 3.8) is 0 Å². The van der Waals surface area contributed by atoms with Crippen molar-refractivity contribution >= 4 is 23.2 Å². The van der Waals surface area contributed by atoms with Crippen LogP contribution in [0.15, 0.2) is 42.5 Å². The lowest BCUT2D eigenvalue weighted by atomic mass is 10.2. The molecule has 0 bridgehead atoms. The van der Waals surface area contributed by atoms with Gasteiger partial charge in [0.25, 0.3) is 5.91 Å². The lowest BCUT2D eigenvalue weighted by molar-refractivity contribution is -0.118. The van der Waals surface area contributed by atoms with Crippen molar-refractivity contribution < 1.29 is 13.9 Å². The summed E-state index contributed by atoms with van der Waals surface area (Å²) < 4.78 is 18.3. The summed E-state index contributed by atoms with van der Waals surface area (Å²) in [5, 5.41) is 2.72. The van der Waals surface area contributed by atoms with E-state index in [1.807, 2.05) is 24.3 Å². The largest absolute Gasteiger partial charge is 0.484 e. The Hall–Kier alpha value is -2.07. The maximum absolute atomic E-state index is 12.9. The Bertz CT molecular complexity index is 629. The molecule has 0 aliphatic carbocycles. The first kappa shape index (κ1) is 15.3. The molecule has 1 amide bonds. The Morgan fingerprint density at radius 1 is 1.24 bits per heavy atom. The lowest BCUT2D eigenvalue weighted by Gasteiger charge is -2.09. The minimum absolute atomic E-state index is 0.140. The highest BCUT2D eigenvalue weighted by Crippen LogP contribution is 2.22. The van der Waals surface area contributed by atoms with Crippen LogP contribution in [0, 0.1) is 5.82 Å². The third-order valence-corrected chi connectivity index (χ3v) is 3.22. The molecule has 0 saturated heterocycles. The molecule has 0 heterocycles. The van der Waals surface area contributed by atoms with Crippen molar-refractivity contribution in [2.24, 2.45) is 0 Å². The van der Waals surface area contributed by atoms with Gasteiger partial charge in [0.2, 0.25) is 0 Å². The number of carbonyl (C=O) groups is 1. The highest BCUT2D eigenvalue weighted by atomic mass is 35.5. The smallest absolute Gasteiger partial charge is 0.262 e. The summed E-state index contributed by atoms with van der Waals surface area (Å²) in [4.78, 5) is 11.8. The zero-order valence-electron chi connectivity index (χ0n) is 11.5. The van der Waals surface area contributed by atoms with Crippen LogP contribution < -0.4 is 10.1 Å². The summed E-state index contributed by atoms with van der Waals surface area (Å²) in [7, 11) is 0. The normalized spacial score (nSPS) is 10.2. The van der Waals surface area contributed by atoms with E-state index in [1.54, 1.807) is 0 Å². The number of anilines is 1. The van der Waals surface area contributed by atoms with Crippen molar-refractivity contribution in [2.45, 2.75) is 13.3 Å². The van der Waals surface area contributed by atoms with E-state index in [1.165, 1.54) is 17.7 Å². The average Bonchev–Trinajstić information content (AvgIpc) is 2.48. The predicted molar refractivity (Wildman–Crippen MR) is 81.4 cm³/mol. The number of rotatable bonds is 5. The van der Waals surface area contributed by atoms with Gasteiger partial charge in [0.05, 0.1) is 10.7 Å². The highest BCUT2D eigenvalue weighted by molar-refractivity contribution is 6.33. The van der Waals surface area contributed by atoms with Crippen molar-refractivity contribution in [3.8, 4) is 5.75 Å². The van der Waals surface area contributed by atoms with Gasteiger partial charge in [0, 0.05) is 0 Å². The maximum Gasteiger partial charge on any atom is 0.262 e. The molecule has 3 nitrogen and oxygen atoms in total. The lowest BCUT2D eigenvalue weighted by Crippen LogP contribution is -2.20. The molecule has 2 rings (SSSR count). The third kappa shape index (κ3) is 4.46. The number of amides is 1. The highest BCUT2D eigenvalue weighted by Gasteiger charge is 2.07. The first-order valence-corrected chi connectivity index (χ1v) is 6.93. The van der Waals surface area contributed by atoms with E-state index in [0.29, 0.717) is 11.4 Å². The second kappa shape index (κ2) is 7.09. The molecule has 0 radical (unpaired) electrons. The van der Waals surface area contributed by atoms with Gasteiger partial charge in [0.15, 0.2) is 6.61 Å². The Morgan fingerprint density at radius 3 is 2.57 bits per heavy atom. The van der Waals surface area contributed by atoms with Crippen LogP contribution in [0.1, 0.15) is 12.5 Å². The van der Waals surface area contributed by atoms with Gasteiger partial charge >= 0.3 is 0 Å². The van der Waals surface area contributed by atoms with Gasteiger partial charge in [-0.1, -0.05) is 30.7 Å². The summed E-state index contributed by atoms with van der Waals surface area (Å²) in [5.41, 5.74) is 1.55. The van der Waals surface area contributed by atoms with Crippen LogP contribution in [0.25, 0.3) is 0 Å². The second-order valence-electron chi connectivity index (χ2n) is 4.46. The summed E-state index contributed by atoms with van der Waals surface area (Å²) in [6, 6.07) is 11.3. The number of nitrogens with one attached hydrogen (secondary N) is 1. The quantitative estimate of drug-likeness (QED) is 0.904. The minimum atomic E-state index is -0.453. The van der Waals surface area contributed by atoms with Crippen LogP contribution in [0.2, 0.25) is 5.02 Å². The van der Waals surface area contributed by atoms with Crippen molar-refractivity contribution in [3.05, 3.63) is 58.9 Å². The Balaban J connectivity index is 1.89. The number of carbonyl (C=O) groups excluding carboxylic acids is 1. The summed E-state index contributed by atoms with van der Waals surface area (Å²) in [6.45, 7) is 1.93. The van der Waals surface area contributed by atoms with E-state index in [4.69, 9.17) is 16.3 Å². The molecular weight excluding hydrogens is 293 g/mol. The van der Waals surface area contributed by atoms with Crippen molar-refractivity contribution in [1.29, 1.82) is 0 Å². The SMILES string of the molecule is CCc1ccc(OCC(=O)Nc2ccc(F)cc2Cl)cc1. The molecule has 110 valence electrons. The van der Waals surface area contributed by atoms with E-state index >= 15 is 0 Å². The number of hydrogen-bond acceptors (Lipinski definition) is 2. The van der Waals surface area contributed by atoms with Crippen LogP contribution in [0.3, 0.4) is 0 Å². The summed E-state index contributed by atoms with van der Waals surface area (Å²) in [5.74, 6) is -0.194. The first-order valence-electron chi connectivity index (χ1n) is 6.55. The average molecular weight is 308 g/mol. The molecule has 0 aliphatic heterocycles. The van der Waals surface area contributed by atoms with E-state index in [9.17, 15) is 9.18 Å². The minimum Gasteiger partial charge on any atom is -0.484 e. The van der Waals surface area contributed by atoms with Crippen LogP contribution in [-0.2, 0) is 11.2 Å². The molecule has 5 heteroatoms. The van der Waals surface area contributed by atoms with Crippen LogP contribution in [0.5, 0.6) is 5.75 Å². The molecule has 0 aliphatic rings. The third-order valence-electron chi connectivity index (χ3n) is 2.91.